The van der Waals surface area contributed by atoms with Gasteiger partial charge < -0.3 is 11.1 Å². The van der Waals surface area contributed by atoms with Crippen LogP contribution in [0.25, 0.3) is 0 Å². The van der Waals surface area contributed by atoms with Gasteiger partial charge in [-0.05, 0) is 19.1 Å². The second-order valence-electron chi connectivity index (χ2n) is 1.40. The van der Waals surface area contributed by atoms with Crippen LogP contribution in [0.15, 0.2) is 0 Å². The molecule has 0 heterocycles. The molecule has 3 N–H and O–H groups in total. The van der Waals surface area contributed by atoms with Gasteiger partial charge in [0.25, 0.3) is 0 Å². The highest BCUT2D eigenvalue weighted by atomic mass is 32.1. The van der Waals surface area contributed by atoms with Crippen LogP contribution in [0.4, 0.5) is 0 Å². The van der Waals surface area contributed by atoms with Crippen molar-refractivity contribution in [1.29, 1.82) is 0 Å². The van der Waals surface area contributed by atoms with Crippen molar-refractivity contribution in [3.63, 3.8) is 0 Å². The van der Waals surface area contributed by atoms with E-state index in [1.807, 2.05) is 0 Å². The smallest absolute Gasteiger partial charge is 0.164 e. The minimum Gasteiger partial charge on any atom is -0.376 e. The van der Waals surface area contributed by atoms with Gasteiger partial charge in [0.05, 0.1) is 6.04 Å². The van der Waals surface area contributed by atoms with Crippen molar-refractivity contribution in [2.45, 2.75) is 13.0 Å². The van der Waals surface area contributed by atoms with Crippen molar-refractivity contribution in [2.75, 3.05) is 0 Å². The summed E-state index contributed by atoms with van der Waals surface area (Å²) in [5.74, 6) is 2.42. The summed E-state index contributed by atoms with van der Waals surface area (Å²) >= 11 is 4.51. The summed E-state index contributed by atoms with van der Waals surface area (Å²) in [7, 11) is 0. The summed E-state index contributed by atoms with van der Waals surface area (Å²) < 4.78 is 0. The maximum atomic E-state index is 5.09. The molecule has 0 fully saturated rings. The molecule has 0 rings (SSSR count). The van der Waals surface area contributed by atoms with Gasteiger partial charge in [0.15, 0.2) is 5.11 Å². The molecule has 0 aliphatic carbocycles. The number of terminal acetylenes is 1. The van der Waals surface area contributed by atoms with Crippen LogP contribution in [0.3, 0.4) is 0 Å². The van der Waals surface area contributed by atoms with Gasteiger partial charge in [-0.15, -0.1) is 6.42 Å². The molecule has 0 aromatic heterocycles. The van der Waals surface area contributed by atoms with Crippen molar-refractivity contribution >= 4 is 17.3 Å². The zero-order valence-electron chi connectivity index (χ0n) is 4.64. The molecule has 3 heteroatoms. The van der Waals surface area contributed by atoms with Crippen molar-refractivity contribution in [3.8, 4) is 12.3 Å². The van der Waals surface area contributed by atoms with Crippen molar-refractivity contribution in [1.82, 2.24) is 5.32 Å². The molecule has 1 atom stereocenters. The fraction of sp³-hybridized carbons (Fsp3) is 0.400. The highest BCUT2D eigenvalue weighted by molar-refractivity contribution is 7.80. The Morgan fingerprint density at radius 2 is 2.50 bits per heavy atom. The van der Waals surface area contributed by atoms with E-state index in [1.165, 1.54) is 0 Å². The second-order valence-corrected chi connectivity index (χ2v) is 1.84. The molecule has 0 aliphatic heterocycles. The van der Waals surface area contributed by atoms with Crippen molar-refractivity contribution in [3.05, 3.63) is 0 Å². The molecule has 0 radical (unpaired) electrons. The van der Waals surface area contributed by atoms with Crippen LogP contribution < -0.4 is 11.1 Å². The van der Waals surface area contributed by atoms with Crippen LogP contribution in [0.2, 0.25) is 0 Å². The van der Waals surface area contributed by atoms with Crippen LogP contribution in [-0.4, -0.2) is 11.2 Å². The van der Waals surface area contributed by atoms with E-state index in [2.05, 4.69) is 23.5 Å². The monoisotopic (exact) mass is 128 g/mol. The molecule has 0 spiro atoms. The Bertz CT molecular complexity index is 125. The number of nitrogens with two attached hydrogens (primary N) is 1. The molecule has 44 valence electrons. The fourth-order valence-corrected chi connectivity index (χ4v) is 0.432. The topological polar surface area (TPSA) is 38.0 Å². The van der Waals surface area contributed by atoms with Crippen LogP contribution >= 0.6 is 12.2 Å². The van der Waals surface area contributed by atoms with E-state index in [-0.39, 0.29) is 11.2 Å². The van der Waals surface area contributed by atoms with Gasteiger partial charge in [-0.1, -0.05) is 5.92 Å². The average Bonchev–Trinajstić information content (AvgIpc) is 1.65. The molecular formula is C5H8N2S. The molecular weight excluding hydrogens is 120 g/mol. The molecule has 0 aromatic rings. The zero-order chi connectivity index (χ0) is 6.57. The predicted octanol–water partition coefficient (Wildman–Crippen LogP) is -0.159. The number of rotatable bonds is 1. The molecule has 1 unspecified atom stereocenters. The van der Waals surface area contributed by atoms with Gasteiger partial charge in [0.1, 0.15) is 0 Å². The van der Waals surface area contributed by atoms with Crippen LogP contribution in [0, 0.1) is 12.3 Å². The van der Waals surface area contributed by atoms with Gasteiger partial charge in [-0.25, -0.2) is 0 Å². The largest absolute Gasteiger partial charge is 0.376 e. The lowest BCUT2D eigenvalue weighted by atomic mass is 10.4. The first-order valence-electron chi connectivity index (χ1n) is 2.19. The van der Waals surface area contributed by atoms with Crippen LogP contribution in [0.5, 0.6) is 0 Å². The Morgan fingerprint density at radius 1 is 2.00 bits per heavy atom. The van der Waals surface area contributed by atoms with Gasteiger partial charge in [0, 0.05) is 0 Å². The second kappa shape index (κ2) is 3.28. The molecule has 0 amide bonds. The zero-order valence-corrected chi connectivity index (χ0v) is 5.46. The highest BCUT2D eigenvalue weighted by Crippen LogP contribution is 1.72. The summed E-state index contributed by atoms with van der Waals surface area (Å²) in [5, 5.41) is 2.91. The molecule has 2 nitrogen and oxygen atoms in total. The van der Waals surface area contributed by atoms with E-state index < -0.39 is 0 Å². The lowest BCUT2D eigenvalue weighted by Crippen LogP contribution is -2.35. The van der Waals surface area contributed by atoms with Gasteiger partial charge in [-0.2, -0.15) is 0 Å². The summed E-state index contributed by atoms with van der Waals surface area (Å²) in [6.45, 7) is 1.80. The first-order valence-corrected chi connectivity index (χ1v) is 2.59. The molecule has 0 aromatic carbocycles. The van der Waals surface area contributed by atoms with Gasteiger partial charge in [0.2, 0.25) is 0 Å². The predicted molar refractivity (Wildman–Crippen MR) is 38.2 cm³/mol. The minimum atomic E-state index is -0.0625. The average molecular weight is 128 g/mol. The Morgan fingerprint density at radius 3 is 2.62 bits per heavy atom. The van der Waals surface area contributed by atoms with E-state index in [4.69, 9.17) is 12.2 Å². The normalized spacial score (nSPS) is 11.5. The van der Waals surface area contributed by atoms with Crippen LogP contribution in [0.1, 0.15) is 6.92 Å². The van der Waals surface area contributed by atoms with Crippen LogP contribution in [-0.2, 0) is 0 Å². The molecule has 8 heavy (non-hydrogen) atoms. The SMILES string of the molecule is C#CC(C)NC(N)=S. The van der Waals surface area contributed by atoms with E-state index in [0.29, 0.717) is 0 Å². The Hall–Kier alpha value is -0.750. The maximum absolute atomic E-state index is 5.09. The van der Waals surface area contributed by atoms with Crippen molar-refractivity contribution < 1.29 is 0 Å². The Kier molecular flexibility index (Phi) is 2.97. The minimum absolute atomic E-state index is 0.0625. The van der Waals surface area contributed by atoms with Gasteiger partial charge in [-0.3, -0.25) is 0 Å². The standard InChI is InChI=1S/C5H8N2S/c1-3-4(2)7-5(6)8/h1,4H,2H3,(H3,6,7,8). The molecule has 0 saturated carbocycles. The first-order chi connectivity index (χ1) is 3.66. The van der Waals surface area contributed by atoms with Crippen molar-refractivity contribution in [2.24, 2.45) is 5.73 Å². The lowest BCUT2D eigenvalue weighted by Gasteiger charge is -2.03. The third-order valence-corrected chi connectivity index (χ3v) is 0.727. The number of hydrogen-bond donors (Lipinski definition) is 2. The summed E-state index contributed by atoms with van der Waals surface area (Å²) in [4.78, 5) is 0. The van der Waals surface area contributed by atoms with E-state index in [1.54, 1.807) is 6.92 Å². The van der Waals surface area contributed by atoms with Gasteiger partial charge >= 0.3 is 0 Å². The summed E-state index contributed by atoms with van der Waals surface area (Å²) in [5.41, 5.74) is 5.09. The maximum Gasteiger partial charge on any atom is 0.164 e. The Labute approximate surface area is 54.4 Å². The highest BCUT2D eigenvalue weighted by Gasteiger charge is 1.91. The first kappa shape index (κ1) is 7.25. The fourth-order valence-electron chi connectivity index (χ4n) is 0.255. The molecule has 0 saturated heterocycles. The summed E-state index contributed by atoms with van der Waals surface area (Å²) in [6, 6.07) is -0.0625. The van der Waals surface area contributed by atoms with E-state index in [9.17, 15) is 0 Å². The molecule has 0 bridgehead atoms. The molecule has 0 aliphatic rings. The third-order valence-electron chi connectivity index (χ3n) is 0.609. The van der Waals surface area contributed by atoms with E-state index >= 15 is 0 Å². The number of nitrogens with one attached hydrogen (secondary N) is 1. The van der Waals surface area contributed by atoms with E-state index in [0.717, 1.165) is 0 Å². The lowest BCUT2D eigenvalue weighted by molar-refractivity contribution is 0.835. The Balaban J connectivity index is 3.43. The number of thiocarbonyl (C=S) groups is 1. The number of hydrogen-bond acceptors (Lipinski definition) is 1. The quantitative estimate of drug-likeness (QED) is 0.381. The third kappa shape index (κ3) is 3.44. The summed E-state index contributed by atoms with van der Waals surface area (Å²) in [6.07, 6.45) is 4.99.